The highest BCUT2D eigenvalue weighted by atomic mass is 16.2. The summed E-state index contributed by atoms with van der Waals surface area (Å²) in [5.41, 5.74) is 4.09. The third-order valence-corrected chi connectivity index (χ3v) is 5.08. The van der Waals surface area contributed by atoms with Crippen LogP contribution in [0.15, 0.2) is 30.3 Å². The largest absolute Gasteiger partial charge is 0.336 e. The van der Waals surface area contributed by atoms with E-state index in [1.807, 2.05) is 49.1 Å². The van der Waals surface area contributed by atoms with Gasteiger partial charge >= 0.3 is 0 Å². The molecule has 0 saturated heterocycles. The zero-order valence-electron chi connectivity index (χ0n) is 16.3. The number of nitrogens with zero attached hydrogens (tertiary/aromatic N) is 3. The van der Waals surface area contributed by atoms with Crippen LogP contribution in [0.3, 0.4) is 0 Å². The van der Waals surface area contributed by atoms with Gasteiger partial charge in [0.1, 0.15) is 0 Å². The molecule has 1 N–H and O–H groups in total. The Balaban J connectivity index is 1.75. The van der Waals surface area contributed by atoms with E-state index >= 15 is 0 Å². The number of fused-ring (bicyclic) bond motifs is 1. The van der Waals surface area contributed by atoms with Gasteiger partial charge in [0.25, 0.3) is 5.91 Å². The lowest BCUT2D eigenvalue weighted by atomic mass is 9.91. The summed E-state index contributed by atoms with van der Waals surface area (Å²) in [5.74, 6) is 0.638. The fraction of sp³-hybridized carbons (Fsp3) is 0.524. The molecule has 1 aliphatic rings. The number of amides is 1. The van der Waals surface area contributed by atoms with Gasteiger partial charge in [-0.1, -0.05) is 44.2 Å². The molecule has 1 aromatic heterocycles. The molecule has 1 heterocycles. The SMILES string of the molecule is CC(C)CN[C@H]1CCc2c(c(C(=O)N(C)Cc3ccccc3)nn2C)C1. The maximum atomic E-state index is 13.0. The summed E-state index contributed by atoms with van der Waals surface area (Å²) in [4.78, 5) is 14.8. The predicted octanol–water partition coefficient (Wildman–Crippen LogP) is 2.80. The Morgan fingerprint density at radius 3 is 2.77 bits per heavy atom. The topological polar surface area (TPSA) is 50.2 Å². The minimum absolute atomic E-state index is 0.00946. The van der Waals surface area contributed by atoms with E-state index in [2.05, 4.69) is 24.3 Å². The van der Waals surface area contributed by atoms with E-state index in [1.54, 1.807) is 4.90 Å². The van der Waals surface area contributed by atoms with Crippen LogP contribution in [0.1, 0.15) is 47.6 Å². The van der Waals surface area contributed by atoms with Crippen molar-refractivity contribution in [2.24, 2.45) is 13.0 Å². The zero-order valence-corrected chi connectivity index (χ0v) is 16.3. The Kier molecular flexibility index (Phi) is 5.77. The van der Waals surface area contributed by atoms with Crippen molar-refractivity contribution in [3.63, 3.8) is 0 Å². The van der Waals surface area contributed by atoms with Crippen LogP contribution < -0.4 is 5.32 Å². The van der Waals surface area contributed by atoms with E-state index in [1.165, 1.54) is 5.69 Å². The molecule has 140 valence electrons. The molecule has 0 unspecified atom stereocenters. The Labute approximate surface area is 156 Å². The minimum Gasteiger partial charge on any atom is -0.336 e. The van der Waals surface area contributed by atoms with Gasteiger partial charge in [-0.15, -0.1) is 0 Å². The Bertz CT molecular complexity index is 751. The lowest BCUT2D eigenvalue weighted by Gasteiger charge is -2.25. The summed E-state index contributed by atoms with van der Waals surface area (Å²) >= 11 is 0. The van der Waals surface area contributed by atoms with Gasteiger partial charge in [-0.05, 0) is 37.3 Å². The van der Waals surface area contributed by atoms with Crippen molar-refractivity contribution in [1.29, 1.82) is 0 Å². The molecule has 0 aliphatic heterocycles. The number of aromatic nitrogens is 2. The minimum atomic E-state index is 0.00946. The average Bonchev–Trinajstić information content (AvgIpc) is 2.96. The van der Waals surface area contributed by atoms with Crippen LogP contribution in [0.5, 0.6) is 0 Å². The molecule has 0 fully saturated rings. The third kappa shape index (κ3) is 4.15. The van der Waals surface area contributed by atoms with Crippen LogP contribution in [-0.2, 0) is 26.4 Å². The van der Waals surface area contributed by atoms with Crippen LogP contribution in [0, 0.1) is 5.92 Å². The van der Waals surface area contributed by atoms with Crippen molar-refractivity contribution in [2.75, 3.05) is 13.6 Å². The van der Waals surface area contributed by atoms with Gasteiger partial charge < -0.3 is 10.2 Å². The summed E-state index contributed by atoms with van der Waals surface area (Å²) in [7, 11) is 3.81. The average molecular weight is 354 g/mol. The van der Waals surface area contributed by atoms with E-state index in [9.17, 15) is 4.79 Å². The number of hydrogen-bond donors (Lipinski definition) is 1. The van der Waals surface area contributed by atoms with Gasteiger partial charge in [0.05, 0.1) is 0 Å². The monoisotopic (exact) mass is 354 g/mol. The number of hydrogen-bond acceptors (Lipinski definition) is 3. The van der Waals surface area contributed by atoms with Gasteiger partial charge in [0.2, 0.25) is 0 Å². The molecule has 5 heteroatoms. The number of carbonyl (C=O) groups is 1. The highest BCUT2D eigenvalue weighted by Gasteiger charge is 2.29. The van der Waals surface area contributed by atoms with Crippen molar-refractivity contribution >= 4 is 5.91 Å². The second-order valence-corrected chi connectivity index (χ2v) is 7.79. The summed E-state index contributed by atoms with van der Waals surface area (Å²) < 4.78 is 1.90. The lowest BCUT2D eigenvalue weighted by molar-refractivity contribution is 0.0777. The molecule has 5 nitrogen and oxygen atoms in total. The fourth-order valence-electron chi connectivity index (χ4n) is 3.65. The first-order valence-corrected chi connectivity index (χ1v) is 9.53. The van der Waals surface area contributed by atoms with E-state index < -0.39 is 0 Å². The van der Waals surface area contributed by atoms with Crippen LogP contribution in [0.4, 0.5) is 0 Å². The normalized spacial score (nSPS) is 16.6. The molecule has 0 bridgehead atoms. The van der Waals surface area contributed by atoms with Crippen molar-refractivity contribution in [2.45, 2.75) is 45.7 Å². The van der Waals surface area contributed by atoms with Crippen LogP contribution >= 0.6 is 0 Å². The van der Waals surface area contributed by atoms with Crippen LogP contribution in [0.2, 0.25) is 0 Å². The molecule has 0 saturated carbocycles. The number of benzene rings is 1. The molecular weight excluding hydrogens is 324 g/mol. The molecule has 26 heavy (non-hydrogen) atoms. The molecule has 3 rings (SSSR count). The number of rotatable bonds is 6. The Hall–Kier alpha value is -2.14. The number of aryl methyl sites for hydroxylation is 1. The van der Waals surface area contributed by atoms with Gasteiger partial charge in [-0.3, -0.25) is 9.48 Å². The smallest absolute Gasteiger partial charge is 0.274 e. The molecule has 1 aliphatic carbocycles. The van der Waals surface area contributed by atoms with Gasteiger partial charge in [0.15, 0.2) is 5.69 Å². The van der Waals surface area contributed by atoms with E-state index in [-0.39, 0.29) is 5.91 Å². The van der Waals surface area contributed by atoms with E-state index in [0.29, 0.717) is 24.2 Å². The van der Waals surface area contributed by atoms with E-state index in [0.717, 1.165) is 36.9 Å². The highest BCUT2D eigenvalue weighted by Crippen LogP contribution is 2.25. The van der Waals surface area contributed by atoms with Gasteiger partial charge in [0, 0.05) is 37.9 Å². The molecule has 1 aromatic carbocycles. The van der Waals surface area contributed by atoms with Crippen molar-refractivity contribution in [3.05, 3.63) is 52.8 Å². The maximum absolute atomic E-state index is 13.0. The van der Waals surface area contributed by atoms with Crippen LogP contribution in [0.25, 0.3) is 0 Å². The Morgan fingerprint density at radius 2 is 2.08 bits per heavy atom. The second kappa shape index (κ2) is 8.04. The molecule has 0 spiro atoms. The quantitative estimate of drug-likeness (QED) is 0.868. The summed E-state index contributed by atoms with van der Waals surface area (Å²) in [5, 5.41) is 8.23. The van der Waals surface area contributed by atoms with Gasteiger partial charge in [-0.25, -0.2) is 0 Å². The van der Waals surface area contributed by atoms with Crippen LogP contribution in [-0.4, -0.2) is 40.2 Å². The molecule has 0 radical (unpaired) electrons. The maximum Gasteiger partial charge on any atom is 0.274 e. The molecule has 1 amide bonds. The standard InChI is InChI=1S/C21H30N4O/c1-15(2)13-22-17-10-11-19-18(12-17)20(23-25(19)4)21(26)24(3)14-16-8-6-5-7-9-16/h5-9,15,17,22H,10-14H2,1-4H3/t17-/m0/s1. The third-order valence-electron chi connectivity index (χ3n) is 5.08. The summed E-state index contributed by atoms with van der Waals surface area (Å²) in [6, 6.07) is 10.5. The van der Waals surface area contributed by atoms with Crippen molar-refractivity contribution < 1.29 is 4.79 Å². The first-order chi connectivity index (χ1) is 12.5. The first-order valence-electron chi connectivity index (χ1n) is 9.53. The first kappa shape index (κ1) is 18.6. The summed E-state index contributed by atoms with van der Waals surface area (Å²) in [6.45, 7) is 6.05. The Morgan fingerprint density at radius 1 is 1.35 bits per heavy atom. The van der Waals surface area contributed by atoms with Crippen molar-refractivity contribution in [1.82, 2.24) is 20.0 Å². The summed E-state index contributed by atoms with van der Waals surface area (Å²) in [6.07, 6.45) is 2.97. The fourth-order valence-corrected chi connectivity index (χ4v) is 3.65. The molecular formula is C21H30N4O. The zero-order chi connectivity index (χ0) is 18.7. The van der Waals surface area contributed by atoms with Crippen molar-refractivity contribution in [3.8, 4) is 0 Å². The second-order valence-electron chi connectivity index (χ2n) is 7.79. The highest BCUT2D eigenvalue weighted by molar-refractivity contribution is 5.94. The predicted molar refractivity (Wildman–Crippen MR) is 104 cm³/mol. The lowest BCUT2D eigenvalue weighted by Crippen LogP contribution is -2.37. The molecule has 1 atom stereocenters. The number of nitrogens with one attached hydrogen (secondary N) is 1. The van der Waals surface area contributed by atoms with E-state index in [4.69, 9.17) is 0 Å². The van der Waals surface area contributed by atoms with Gasteiger partial charge in [-0.2, -0.15) is 5.10 Å². The number of carbonyl (C=O) groups excluding carboxylic acids is 1. The molecule has 2 aromatic rings.